The maximum Gasteiger partial charge on any atom is 0.0897 e. The van der Waals surface area contributed by atoms with Crippen LogP contribution in [0.4, 0.5) is 0 Å². The van der Waals surface area contributed by atoms with Gasteiger partial charge in [-0.25, -0.2) is 0 Å². The van der Waals surface area contributed by atoms with E-state index in [-0.39, 0.29) is 6.10 Å². The maximum atomic E-state index is 9.77. The number of nitrogens with one attached hydrogen (secondary N) is 1. The van der Waals surface area contributed by atoms with Gasteiger partial charge in [0.1, 0.15) is 0 Å². The van der Waals surface area contributed by atoms with Gasteiger partial charge in [-0.2, -0.15) is 0 Å². The van der Waals surface area contributed by atoms with Gasteiger partial charge >= 0.3 is 0 Å². The van der Waals surface area contributed by atoms with Gasteiger partial charge in [-0.15, -0.1) is 0 Å². The van der Waals surface area contributed by atoms with Crippen molar-refractivity contribution in [1.82, 2.24) is 5.32 Å². The molecule has 0 aromatic heterocycles. The molecule has 2 atom stereocenters. The van der Waals surface area contributed by atoms with E-state index in [2.05, 4.69) is 29.6 Å². The minimum Gasteiger partial charge on any atom is -0.389 e. The molecule has 0 saturated heterocycles. The number of aliphatic hydroxyl groups is 1. The second-order valence-corrected chi connectivity index (χ2v) is 4.87. The summed E-state index contributed by atoms with van der Waals surface area (Å²) in [6, 6.07) is 8.48. The lowest BCUT2D eigenvalue weighted by Crippen LogP contribution is -2.31. The highest BCUT2D eigenvalue weighted by atomic mass is 16.5. The molecule has 0 fully saturated rings. The number of rotatable bonds is 6. The number of benzene rings is 1. The second-order valence-electron chi connectivity index (χ2n) is 4.87. The first-order valence-corrected chi connectivity index (χ1v) is 6.89. The van der Waals surface area contributed by atoms with Crippen LogP contribution in [0.3, 0.4) is 0 Å². The Morgan fingerprint density at radius 1 is 1.44 bits per heavy atom. The first kappa shape index (κ1) is 13.5. The monoisotopic (exact) mass is 249 g/mol. The number of aliphatic hydroxyl groups excluding tert-OH is 1. The molecule has 1 aromatic carbocycles. The number of likely N-dealkylation sites (N-methyl/N-ethyl adjacent to an activating group) is 1. The molecule has 0 bridgehead atoms. The number of hydrogen-bond acceptors (Lipinski definition) is 3. The lowest BCUT2D eigenvalue weighted by atomic mass is 9.89. The average molecular weight is 249 g/mol. The van der Waals surface area contributed by atoms with Crippen molar-refractivity contribution in [1.29, 1.82) is 0 Å². The molecule has 1 aliphatic carbocycles. The summed E-state index contributed by atoms with van der Waals surface area (Å²) in [6.45, 7) is 3.92. The van der Waals surface area contributed by atoms with Gasteiger partial charge in [0.05, 0.1) is 18.8 Å². The average Bonchev–Trinajstić information content (AvgIpc) is 2.42. The first-order chi connectivity index (χ1) is 8.81. The molecule has 0 saturated carbocycles. The first-order valence-electron chi connectivity index (χ1n) is 6.89. The van der Waals surface area contributed by atoms with Gasteiger partial charge < -0.3 is 15.2 Å². The van der Waals surface area contributed by atoms with Crippen molar-refractivity contribution in [3.8, 4) is 0 Å². The van der Waals surface area contributed by atoms with Crippen LogP contribution in [-0.2, 0) is 11.2 Å². The van der Waals surface area contributed by atoms with Gasteiger partial charge in [0, 0.05) is 6.54 Å². The molecule has 2 N–H and O–H groups in total. The zero-order chi connectivity index (χ0) is 12.8. The summed E-state index contributed by atoms with van der Waals surface area (Å²) in [7, 11) is 0. The summed E-state index contributed by atoms with van der Waals surface area (Å²) < 4.78 is 5.88. The van der Waals surface area contributed by atoms with E-state index in [0.29, 0.717) is 13.2 Å². The largest absolute Gasteiger partial charge is 0.389 e. The van der Waals surface area contributed by atoms with Crippen molar-refractivity contribution >= 4 is 0 Å². The third-order valence-corrected chi connectivity index (χ3v) is 3.43. The van der Waals surface area contributed by atoms with Crippen LogP contribution in [0.25, 0.3) is 0 Å². The van der Waals surface area contributed by atoms with E-state index in [9.17, 15) is 5.11 Å². The van der Waals surface area contributed by atoms with Gasteiger partial charge in [0.25, 0.3) is 0 Å². The summed E-state index contributed by atoms with van der Waals surface area (Å²) in [5, 5.41) is 12.9. The topological polar surface area (TPSA) is 41.5 Å². The Kier molecular flexibility index (Phi) is 5.17. The van der Waals surface area contributed by atoms with Crippen LogP contribution in [0.2, 0.25) is 0 Å². The molecule has 0 heterocycles. The molecule has 0 radical (unpaired) electrons. The highest BCUT2D eigenvalue weighted by Gasteiger charge is 2.20. The smallest absolute Gasteiger partial charge is 0.0897 e. The van der Waals surface area contributed by atoms with E-state index in [1.54, 1.807) is 0 Å². The van der Waals surface area contributed by atoms with Crippen LogP contribution in [0, 0.1) is 0 Å². The fourth-order valence-electron chi connectivity index (χ4n) is 2.48. The molecule has 100 valence electrons. The molecule has 18 heavy (non-hydrogen) atoms. The molecular formula is C15H23NO2. The summed E-state index contributed by atoms with van der Waals surface area (Å²) in [5.74, 6) is 0. The normalized spacial score (nSPS) is 20.4. The zero-order valence-electron chi connectivity index (χ0n) is 11.1. The Morgan fingerprint density at radius 2 is 2.28 bits per heavy atom. The van der Waals surface area contributed by atoms with Crippen LogP contribution < -0.4 is 5.32 Å². The molecule has 0 amide bonds. The second kappa shape index (κ2) is 6.88. The highest BCUT2D eigenvalue weighted by Crippen LogP contribution is 2.32. The predicted molar refractivity (Wildman–Crippen MR) is 72.6 cm³/mol. The number of ether oxygens (including phenoxy) is 1. The number of aryl methyl sites for hydroxylation is 1. The Hall–Kier alpha value is -0.900. The van der Waals surface area contributed by atoms with E-state index in [0.717, 1.165) is 19.4 Å². The van der Waals surface area contributed by atoms with E-state index in [1.165, 1.54) is 17.5 Å². The highest BCUT2D eigenvalue weighted by molar-refractivity contribution is 5.31. The summed E-state index contributed by atoms with van der Waals surface area (Å²) in [5.41, 5.74) is 2.70. The lowest BCUT2D eigenvalue weighted by molar-refractivity contribution is -0.0165. The van der Waals surface area contributed by atoms with Crippen molar-refractivity contribution in [2.45, 2.75) is 38.4 Å². The van der Waals surface area contributed by atoms with Crippen molar-refractivity contribution in [2.75, 3.05) is 19.7 Å². The maximum absolute atomic E-state index is 9.77. The summed E-state index contributed by atoms with van der Waals surface area (Å²) in [6.07, 6.45) is 3.12. The van der Waals surface area contributed by atoms with Gasteiger partial charge in [-0.05, 0) is 36.9 Å². The van der Waals surface area contributed by atoms with E-state index in [1.807, 2.05) is 6.92 Å². The standard InChI is InChI=1S/C15H23NO2/c1-2-16-10-13(17)11-18-15-9-5-7-12-6-3-4-8-14(12)15/h3-4,6,8,13,15-17H,2,5,7,9-11H2,1H3. The van der Waals surface area contributed by atoms with E-state index < -0.39 is 6.10 Å². The van der Waals surface area contributed by atoms with Gasteiger partial charge in [0.2, 0.25) is 0 Å². The zero-order valence-corrected chi connectivity index (χ0v) is 11.1. The van der Waals surface area contributed by atoms with Crippen molar-refractivity contribution in [2.24, 2.45) is 0 Å². The Bertz CT molecular complexity index is 367. The molecule has 3 nitrogen and oxygen atoms in total. The Balaban J connectivity index is 1.87. The van der Waals surface area contributed by atoms with Crippen molar-refractivity contribution < 1.29 is 9.84 Å². The van der Waals surface area contributed by atoms with Crippen LogP contribution in [0.5, 0.6) is 0 Å². The molecular weight excluding hydrogens is 226 g/mol. The Morgan fingerprint density at radius 3 is 3.11 bits per heavy atom. The predicted octanol–water partition coefficient (Wildman–Crippen LogP) is 2.05. The van der Waals surface area contributed by atoms with Crippen LogP contribution in [-0.4, -0.2) is 30.9 Å². The van der Waals surface area contributed by atoms with Crippen LogP contribution in [0.15, 0.2) is 24.3 Å². The van der Waals surface area contributed by atoms with Gasteiger partial charge in [-0.3, -0.25) is 0 Å². The lowest BCUT2D eigenvalue weighted by Gasteiger charge is -2.26. The number of fused-ring (bicyclic) bond motifs is 1. The number of hydrogen-bond donors (Lipinski definition) is 2. The van der Waals surface area contributed by atoms with Crippen LogP contribution in [0.1, 0.15) is 37.0 Å². The van der Waals surface area contributed by atoms with E-state index in [4.69, 9.17) is 4.74 Å². The van der Waals surface area contributed by atoms with E-state index >= 15 is 0 Å². The Labute approximate surface area is 109 Å². The van der Waals surface area contributed by atoms with Crippen molar-refractivity contribution in [3.05, 3.63) is 35.4 Å². The quantitative estimate of drug-likeness (QED) is 0.811. The minimum atomic E-state index is -0.418. The molecule has 1 aromatic rings. The third-order valence-electron chi connectivity index (χ3n) is 3.43. The van der Waals surface area contributed by atoms with Gasteiger partial charge in [0.15, 0.2) is 0 Å². The van der Waals surface area contributed by atoms with Gasteiger partial charge in [-0.1, -0.05) is 31.2 Å². The molecule has 0 spiro atoms. The third kappa shape index (κ3) is 3.55. The SMILES string of the molecule is CCNCC(O)COC1CCCc2ccccc21. The molecule has 2 rings (SSSR count). The molecule has 3 heteroatoms. The minimum absolute atomic E-state index is 0.159. The fraction of sp³-hybridized carbons (Fsp3) is 0.600. The fourth-order valence-corrected chi connectivity index (χ4v) is 2.48. The summed E-state index contributed by atoms with van der Waals surface area (Å²) in [4.78, 5) is 0. The van der Waals surface area contributed by atoms with Crippen LogP contribution >= 0.6 is 0 Å². The molecule has 2 unspecified atom stereocenters. The van der Waals surface area contributed by atoms with Crippen molar-refractivity contribution in [3.63, 3.8) is 0 Å². The summed E-state index contributed by atoms with van der Waals surface area (Å²) >= 11 is 0. The molecule has 1 aliphatic rings. The molecule has 0 aliphatic heterocycles.